The van der Waals surface area contributed by atoms with Crippen LogP contribution in [0.3, 0.4) is 0 Å². The maximum Gasteiger partial charge on any atom is 0.312 e. The summed E-state index contributed by atoms with van der Waals surface area (Å²) < 4.78 is 19.6. The van der Waals surface area contributed by atoms with E-state index in [1.54, 1.807) is 4.90 Å². The van der Waals surface area contributed by atoms with Gasteiger partial charge in [-0.3, -0.25) is 9.78 Å². The summed E-state index contributed by atoms with van der Waals surface area (Å²) in [5.41, 5.74) is 1.88. The molecule has 0 radical (unpaired) electrons. The van der Waals surface area contributed by atoms with Crippen molar-refractivity contribution in [3.63, 3.8) is 0 Å². The van der Waals surface area contributed by atoms with E-state index in [1.165, 1.54) is 19.4 Å². The van der Waals surface area contributed by atoms with E-state index >= 15 is 0 Å². The molecule has 31 heavy (non-hydrogen) atoms. The molecule has 162 valence electrons. The van der Waals surface area contributed by atoms with Crippen molar-refractivity contribution in [3.05, 3.63) is 65.1 Å². The molecule has 1 amide bonds. The van der Waals surface area contributed by atoms with Gasteiger partial charge in [-0.25, -0.2) is 4.39 Å². The van der Waals surface area contributed by atoms with E-state index in [-0.39, 0.29) is 11.8 Å². The Hall–Kier alpha value is -3.29. The summed E-state index contributed by atoms with van der Waals surface area (Å²) in [6, 6.07) is 11.4. The SMILES string of the molecule is CCNC1=C(C)CCN(C(=O)c2nnc(C(C)(C)F)o2)[C@H]1c1ccc2ccccc2n1. The number of carbonyl (C=O) groups excluding carboxylic acids is 1. The zero-order valence-electron chi connectivity index (χ0n) is 18.1. The first-order valence-corrected chi connectivity index (χ1v) is 10.4. The Morgan fingerprint density at radius 2 is 2.03 bits per heavy atom. The number of nitrogens with one attached hydrogen (secondary N) is 1. The number of carbonyl (C=O) groups is 1. The van der Waals surface area contributed by atoms with Gasteiger partial charge >= 0.3 is 11.8 Å². The van der Waals surface area contributed by atoms with E-state index < -0.39 is 17.6 Å². The third-order valence-corrected chi connectivity index (χ3v) is 5.42. The van der Waals surface area contributed by atoms with Crippen LogP contribution in [0.25, 0.3) is 10.9 Å². The Balaban J connectivity index is 1.78. The highest BCUT2D eigenvalue weighted by atomic mass is 19.1. The van der Waals surface area contributed by atoms with Crippen molar-refractivity contribution < 1.29 is 13.6 Å². The Labute approximate surface area is 180 Å². The van der Waals surface area contributed by atoms with Crippen LogP contribution in [0, 0.1) is 0 Å². The molecular formula is C23H26FN5O2. The van der Waals surface area contributed by atoms with Crippen LogP contribution in [0.4, 0.5) is 4.39 Å². The molecular weight excluding hydrogens is 397 g/mol. The fourth-order valence-corrected chi connectivity index (χ4v) is 3.81. The molecule has 0 bridgehead atoms. The van der Waals surface area contributed by atoms with Gasteiger partial charge in [0.2, 0.25) is 0 Å². The number of pyridine rings is 1. The molecule has 0 fully saturated rings. The molecule has 1 aliphatic rings. The zero-order valence-corrected chi connectivity index (χ0v) is 18.1. The van der Waals surface area contributed by atoms with Crippen molar-refractivity contribution in [2.24, 2.45) is 0 Å². The third kappa shape index (κ3) is 4.02. The molecule has 0 aliphatic carbocycles. The van der Waals surface area contributed by atoms with Gasteiger partial charge in [-0.2, -0.15) is 0 Å². The highest BCUT2D eigenvalue weighted by Gasteiger charge is 2.37. The first-order valence-electron chi connectivity index (χ1n) is 10.4. The standard InChI is InChI=1S/C23H26FN5O2/c1-5-25-18-14(2)12-13-29(21(30)20-27-28-22(31-20)23(3,4)24)19(18)17-11-10-15-8-6-7-9-16(15)26-17/h6-11,19,25H,5,12-13H2,1-4H3/t19-/m0/s1. The zero-order chi connectivity index (χ0) is 22.2. The second-order valence-electron chi connectivity index (χ2n) is 8.19. The lowest BCUT2D eigenvalue weighted by molar-refractivity contribution is 0.0630. The topological polar surface area (TPSA) is 84.2 Å². The van der Waals surface area contributed by atoms with Crippen molar-refractivity contribution >= 4 is 16.8 Å². The number of halogens is 1. The van der Waals surface area contributed by atoms with Crippen LogP contribution < -0.4 is 5.32 Å². The monoisotopic (exact) mass is 423 g/mol. The molecule has 1 aliphatic heterocycles. The Morgan fingerprint density at radius 3 is 2.74 bits per heavy atom. The molecule has 0 unspecified atom stereocenters. The molecule has 2 aromatic heterocycles. The first-order chi connectivity index (χ1) is 14.8. The van der Waals surface area contributed by atoms with Gasteiger partial charge in [0.15, 0.2) is 5.67 Å². The first kappa shape index (κ1) is 21.0. The van der Waals surface area contributed by atoms with Crippen LogP contribution in [0.2, 0.25) is 0 Å². The minimum Gasteiger partial charge on any atom is -0.413 e. The van der Waals surface area contributed by atoms with Crippen molar-refractivity contribution in [1.29, 1.82) is 0 Å². The Kier molecular flexibility index (Phi) is 5.47. The number of nitrogens with zero attached hydrogens (tertiary/aromatic N) is 4. The molecule has 4 rings (SSSR count). The number of hydrogen-bond donors (Lipinski definition) is 1. The number of rotatable bonds is 5. The molecule has 0 saturated heterocycles. The van der Waals surface area contributed by atoms with Crippen LogP contribution in [-0.4, -0.2) is 39.1 Å². The summed E-state index contributed by atoms with van der Waals surface area (Å²) in [7, 11) is 0. The van der Waals surface area contributed by atoms with Gasteiger partial charge < -0.3 is 14.6 Å². The molecule has 0 saturated carbocycles. The quantitative estimate of drug-likeness (QED) is 0.659. The van der Waals surface area contributed by atoms with Crippen LogP contribution in [0.15, 0.2) is 52.1 Å². The second kappa shape index (κ2) is 8.09. The number of aromatic nitrogens is 3. The molecule has 7 nitrogen and oxygen atoms in total. The fourth-order valence-electron chi connectivity index (χ4n) is 3.81. The molecule has 1 N–H and O–H groups in total. The number of amides is 1. The molecule has 1 atom stereocenters. The summed E-state index contributed by atoms with van der Waals surface area (Å²) in [4.78, 5) is 19.9. The average Bonchev–Trinajstić information content (AvgIpc) is 3.25. The molecule has 3 aromatic rings. The fraction of sp³-hybridized carbons (Fsp3) is 0.391. The average molecular weight is 423 g/mol. The number of para-hydroxylation sites is 1. The smallest absolute Gasteiger partial charge is 0.312 e. The third-order valence-electron chi connectivity index (χ3n) is 5.42. The largest absolute Gasteiger partial charge is 0.413 e. The second-order valence-corrected chi connectivity index (χ2v) is 8.19. The van der Waals surface area contributed by atoms with Crippen LogP contribution in [0.5, 0.6) is 0 Å². The summed E-state index contributed by atoms with van der Waals surface area (Å²) >= 11 is 0. The highest BCUT2D eigenvalue weighted by Crippen LogP contribution is 2.35. The van der Waals surface area contributed by atoms with Crippen LogP contribution in [-0.2, 0) is 5.67 Å². The molecule has 0 spiro atoms. The minimum absolute atomic E-state index is 0.216. The van der Waals surface area contributed by atoms with Gasteiger partial charge in [0, 0.05) is 24.2 Å². The van der Waals surface area contributed by atoms with Crippen LogP contribution >= 0.6 is 0 Å². The van der Waals surface area contributed by atoms with Gasteiger partial charge in [-0.05, 0) is 46.2 Å². The van der Waals surface area contributed by atoms with E-state index in [0.29, 0.717) is 19.5 Å². The number of alkyl halides is 1. The Bertz CT molecular complexity index is 1150. The van der Waals surface area contributed by atoms with Crippen LogP contribution in [0.1, 0.15) is 62.4 Å². The van der Waals surface area contributed by atoms with Gasteiger partial charge in [0.25, 0.3) is 5.89 Å². The van der Waals surface area contributed by atoms with Crippen molar-refractivity contribution in [2.45, 2.75) is 45.8 Å². The predicted molar refractivity (Wildman–Crippen MR) is 115 cm³/mol. The van der Waals surface area contributed by atoms with E-state index in [2.05, 4.69) is 22.4 Å². The van der Waals surface area contributed by atoms with E-state index in [1.807, 2.05) is 43.3 Å². The van der Waals surface area contributed by atoms with Gasteiger partial charge in [0.05, 0.1) is 11.2 Å². The van der Waals surface area contributed by atoms with Crippen molar-refractivity contribution in [1.82, 2.24) is 25.4 Å². The summed E-state index contributed by atoms with van der Waals surface area (Å²) in [5, 5.41) is 12.0. The normalized spacial score (nSPS) is 17.3. The number of likely N-dealkylation sites (N-methyl/N-ethyl adjacent to an activating group) is 1. The lowest BCUT2D eigenvalue weighted by Gasteiger charge is -2.37. The van der Waals surface area contributed by atoms with E-state index in [0.717, 1.165) is 22.3 Å². The van der Waals surface area contributed by atoms with Gasteiger partial charge in [0.1, 0.15) is 6.04 Å². The molecule has 3 heterocycles. The highest BCUT2D eigenvalue weighted by molar-refractivity contribution is 5.90. The Morgan fingerprint density at radius 1 is 1.26 bits per heavy atom. The minimum atomic E-state index is -1.82. The molecule has 8 heteroatoms. The molecule has 1 aromatic carbocycles. The maximum atomic E-state index is 14.2. The summed E-state index contributed by atoms with van der Waals surface area (Å²) in [6.07, 6.45) is 0.702. The van der Waals surface area contributed by atoms with Crippen molar-refractivity contribution in [2.75, 3.05) is 13.1 Å². The number of fused-ring (bicyclic) bond motifs is 1. The summed E-state index contributed by atoms with van der Waals surface area (Å²) in [5.74, 6) is -0.875. The lowest BCUT2D eigenvalue weighted by Crippen LogP contribution is -2.43. The van der Waals surface area contributed by atoms with Crippen molar-refractivity contribution in [3.8, 4) is 0 Å². The van der Waals surface area contributed by atoms with E-state index in [9.17, 15) is 9.18 Å². The number of hydrogen-bond acceptors (Lipinski definition) is 6. The summed E-state index contributed by atoms with van der Waals surface area (Å²) in [6.45, 7) is 7.87. The van der Waals surface area contributed by atoms with Gasteiger partial charge in [-0.1, -0.05) is 29.8 Å². The predicted octanol–water partition coefficient (Wildman–Crippen LogP) is 4.29. The lowest BCUT2D eigenvalue weighted by atomic mass is 9.95. The number of benzene rings is 1. The van der Waals surface area contributed by atoms with Gasteiger partial charge in [-0.15, -0.1) is 10.2 Å². The van der Waals surface area contributed by atoms with E-state index in [4.69, 9.17) is 9.40 Å². The maximum absolute atomic E-state index is 14.2.